The van der Waals surface area contributed by atoms with E-state index in [1.807, 2.05) is 18.2 Å². The molecular formula is C33H25FN8O3S. The fourth-order valence-electron chi connectivity index (χ4n) is 5.31. The largest absolute Gasteiger partial charge is 0.352 e. The molecule has 0 aliphatic rings. The number of carbonyl (C=O) groups excluding carboxylic acids is 1. The van der Waals surface area contributed by atoms with E-state index in [4.69, 9.17) is 5.73 Å². The van der Waals surface area contributed by atoms with Crippen molar-refractivity contribution in [3.8, 4) is 33.8 Å². The Morgan fingerprint density at radius 2 is 1.70 bits per heavy atom. The Balaban J connectivity index is 1.25. The fourth-order valence-corrected chi connectivity index (χ4v) is 5.94. The molecule has 0 spiro atoms. The van der Waals surface area contributed by atoms with Gasteiger partial charge < -0.3 is 16.0 Å². The Morgan fingerprint density at radius 1 is 0.891 bits per heavy atom. The summed E-state index contributed by atoms with van der Waals surface area (Å²) in [5, 5.41) is 10.6. The van der Waals surface area contributed by atoms with Gasteiger partial charge in [0.1, 0.15) is 16.9 Å². The van der Waals surface area contributed by atoms with Crippen LogP contribution in [0.1, 0.15) is 21.3 Å². The molecule has 0 aliphatic heterocycles. The first-order valence-electron chi connectivity index (χ1n) is 14.0. The Hall–Kier alpha value is -5.79. The van der Waals surface area contributed by atoms with Gasteiger partial charge in [0.05, 0.1) is 46.7 Å². The van der Waals surface area contributed by atoms with Gasteiger partial charge in [0, 0.05) is 46.1 Å². The van der Waals surface area contributed by atoms with Crippen LogP contribution in [0, 0.1) is 5.82 Å². The van der Waals surface area contributed by atoms with E-state index in [1.165, 1.54) is 6.07 Å². The number of hydrogen-bond donors (Lipinski definition) is 4. The minimum atomic E-state index is -3.65. The minimum Gasteiger partial charge on any atom is -0.352 e. The van der Waals surface area contributed by atoms with Crippen LogP contribution in [0.2, 0.25) is 0 Å². The summed E-state index contributed by atoms with van der Waals surface area (Å²) in [6.45, 7) is 0. The first kappa shape index (κ1) is 29.0. The number of hydrogen-bond acceptors (Lipinski definition) is 8. The van der Waals surface area contributed by atoms with E-state index in [0.717, 1.165) is 23.1 Å². The van der Waals surface area contributed by atoms with E-state index in [1.54, 1.807) is 67.4 Å². The number of nitrogens with two attached hydrogens (primary N) is 1. The molecule has 7 aromatic rings. The van der Waals surface area contributed by atoms with Gasteiger partial charge in [0.25, 0.3) is 5.91 Å². The van der Waals surface area contributed by atoms with Crippen molar-refractivity contribution in [2.45, 2.75) is 5.37 Å². The predicted molar refractivity (Wildman–Crippen MR) is 174 cm³/mol. The Labute approximate surface area is 261 Å². The number of anilines is 1. The highest BCUT2D eigenvalue weighted by atomic mass is 32.2. The van der Waals surface area contributed by atoms with Crippen LogP contribution in [0.15, 0.2) is 97.7 Å². The zero-order valence-corrected chi connectivity index (χ0v) is 25.0. The summed E-state index contributed by atoms with van der Waals surface area (Å²) in [5.41, 5.74) is 12.1. The molecule has 0 radical (unpaired) electrons. The molecule has 5 heterocycles. The van der Waals surface area contributed by atoms with Gasteiger partial charge in [0.15, 0.2) is 9.84 Å². The number of nitrogens with zero attached hydrogens (tertiary/aromatic N) is 4. The first-order valence-corrected chi connectivity index (χ1v) is 16.0. The third-order valence-electron chi connectivity index (χ3n) is 7.60. The summed E-state index contributed by atoms with van der Waals surface area (Å²) in [7, 11) is -3.65. The van der Waals surface area contributed by atoms with Gasteiger partial charge in [-0.25, -0.2) is 12.8 Å². The summed E-state index contributed by atoms with van der Waals surface area (Å²) in [6.07, 6.45) is 9.15. The average molecular weight is 633 g/mol. The lowest BCUT2D eigenvalue weighted by Crippen LogP contribution is -2.20. The molecule has 2 aromatic carbocycles. The van der Waals surface area contributed by atoms with Gasteiger partial charge in [-0.1, -0.05) is 18.2 Å². The molecule has 0 fully saturated rings. The van der Waals surface area contributed by atoms with E-state index in [0.29, 0.717) is 56.1 Å². The van der Waals surface area contributed by atoms with Crippen molar-refractivity contribution in [2.24, 2.45) is 5.73 Å². The summed E-state index contributed by atoms with van der Waals surface area (Å²) in [6, 6.07) is 18.4. The maximum Gasteiger partial charge on any atom is 0.255 e. The Bertz CT molecular complexity index is 2390. The van der Waals surface area contributed by atoms with Crippen LogP contribution >= 0.6 is 0 Å². The van der Waals surface area contributed by atoms with Gasteiger partial charge in [-0.05, 0) is 59.7 Å². The van der Waals surface area contributed by atoms with Crippen molar-refractivity contribution in [3.05, 3.63) is 115 Å². The normalized spacial score (nSPS) is 12.4. The molecule has 46 heavy (non-hydrogen) atoms. The fraction of sp³-hybridized carbons (Fsp3) is 0.0606. The number of benzene rings is 2. The number of aromatic amines is 2. The lowest BCUT2D eigenvalue weighted by Gasteiger charge is -2.12. The van der Waals surface area contributed by atoms with Crippen LogP contribution < -0.4 is 11.1 Å². The second kappa shape index (κ2) is 11.3. The van der Waals surface area contributed by atoms with Crippen LogP contribution in [-0.4, -0.2) is 50.7 Å². The summed E-state index contributed by atoms with van der Waals surface area (Å²) in [5.74, 6) is -0.865. The average Bonchev–Trinajstić information content (AvgIpc) is 3.68. The number of nitrogens with one attached hydrogen (secondary N) is 3. The number of halogens is 1. The van der Waals surface area contributed by atoms with E-state index in [-0.39, 0.29) is 11.5 Å². The van der Waals surface area contributed by atoms with Gasteiger partial charge in [-0.2, -0.15) is 5.10 Å². The molecule has 5 N–H and O–H groups in total. The van der Waals surface area contributed by atoms with Gasteiger partial charge in [-0.3, -0.25) is 24.8 Å². The number of fused-ring (bicyclic) bond motifs is 2. The van der Waals surface area contributed by atoms with E-state index >= 15 is 0 Å². The van der Waals surface area contributed by atoms with Crippen molar-refractivity contribution in [1.29, 1.82) is 0 Å². The molecule has 1 amide bonds. The number of H-pyrrole nitrogens is 2. The molecule has 1 atom stereocenters. The van der Waals surface area contributed by atoms with Crippen LogP contribution in [0.25, 0.3) is 55.6 Å². The van der Waals surface area contributed by atoms with Crippen LogP contribution in [0.3, 0.4) is 0 Å². The van der Waals surface area contributed by atoms with Crippen molar-refractivity contribution in [1.82, 2.24) is 30.1 Å². The van der Waals surface area contributed by atoms with E-state index < -0.39 is 21.0 Å². The number of amides is 1. The van der Waals surface area contributed by atoms with Crippen LogP contribution in [0.4, 0.5) is 10.1 Å². The van der Waals surface area contributed by atoms with Crippen LogP contribution in [-0.2, 0) is 9.84 Å². The second-order valence-electron chi connectivity index (χ2n) is 10.8. The second-order valence-corrected chi connectivity index (χ2v) is 13.0. The lowest BCUT2D eigenvalue weighted by molar-refractivity contribution is 0.102. The topological polar surface area (TPSA) is 172 Å². The zero-order valence-electron chi connectivity index (χ0n) is 24.2. The Kier molecular flexibility index (Phi) is 7.11. The number of rotatable bonds is 7. The highest BCUT2D eigenvalue weighted by Crippen LogP contribution is 2.35. The third kappa shape index (κ3) is 5.49. The van der Waals surface area contributed by atoms with Crippen molar-refractivity contribution < 1.29 is 17.6 Å². The molecule has 0 bridgehead atoms. The maximum atomic E-state index is 14.7. The molecule has 7 rings (SSSR count). The minimum absolute atomic E-state index is 0.141. The molecule has 11 nitrogen and oxygen atoms in total. The number of sulfone groups is 1. The predicted octanol–water partition coefficient (Wildman–Crippen LogP) is 5.62. The first-order chi connectivity index (χ1) is 22.1. The SMILES string of the molecule is CS(=O)(=O)C(N)c1cc(F)cc(-c2cncc3[nH]c(-c4n[nH]c5cnc(-c6cncc(NC(=O)c7ccccc7)c6)cc45)cc23)c1. The van der Waals surface area contributed by atoms with Crippen molar-refractivity contribution in [2.75, 3.05) is 11.6 Å². The van der Waals surface area contributed by atoms with Gasteiger partial charge in [-0.15, -0.1) is 0 Å². The van der Waals surface area contributed by atoms with Crippen LogP contribution in [0.5, 0.6) is 0 Å². The highest BCUT2D eigenvalue weighted by molar-refractivity contribution is 7.90. The van der Waals surface area contributed by atoms with Gasteiger partial charge >= 0.3 is 0 Å². The van der Waals surface area contributed by atoms with Crippen molar-refractivity contribution >= 4 is 43.2 Å². The quantitative estimate of drug-likeness (QED) is 0.175. The highest BCUT2D eigenvalue weighted by Gasteiger charge is 2.21. The molecule has 228 valence electrons. The number of pyridine rings is 3. The van der Waals surface area contributed by atoms with Gasteiger partial charge in [0.2, 0.25) is 0 Å². The molecule has 1 unspecified atom stereocenters. The zero-order chi connectivity index (χ0) is 32.0. The summed E-state index contributed by atoms with van der Waals surface area (Å²) >= 11 is 0. The molecular weight excluding hydrogens is 607 g/mol. The summed E-state index contributed by atoms with van der Waals surface area (Å²) < 4.78 is 38.8. The van der Waals surface area contributed by atoms with Crippen molar-refractivity contribution in [3.63, 3.8) is 0 Å². The number of carbonyl (C=O) groups is 1. The Morgan fingerprint density at radius 3 is 2.50 bits per heavy atom. The maximum absolute atomic E-state index is 14.7. The standard InChI is InChI=1S/C33H25FN8O3S/c1-46(44,45)32(35)20-7-19(8-22(34)9-20)26-15-37-16-29-24(26)11-28(40-29)31-25-12-27(38-17-30(25)41-42-31)21-10-23(14-36-13-21)39-33(43)18-5-3-2-4-6-18/h2-17,32,40H,35H2,1H3,(H,39,43)(H,41,42). The molecule has 13 heteroatoms. The third-order valence-corrected chi connectivity index (χ3v) is 8.79. The molecule has 0 aliphatic carbocycles. The monoisotopic (exact) mass is 632 g/mol. The van der Waals surface area contributed by atoms with E-state index in [9.17, 15) is 17.6 Å². The molecule has 0 saturated carbocycles. The molecule has 0 saturated heterocycles. The molecule has 5 aromatic heterocycles. The smallest absolute Gasteiger partial charge is 0.255 e. The van der Waals surface area contributed by atoms with E-state index in [2.05, 4.69) is 35.5 Å². The number of aromatic nitrogens is 6. The lowest BCUT2D eigenvalue weighted by atomic mass is 10.0. The summed E-state index contributed by atoms with van der Waals surface area (Å²) in [4.78, 5) is 29.2.